The van der Waals surface area contributed by atoms with Crippen LogP contribution in [0.3, 0.4) is 0 Å². The molecule has 0 spiro atoms. The summed E-state index contributed by atoms with van der Waals surface area (Å²) in [5.74, 6) is 1.86. The molecule has 1 aromatic carbocycles. The molecule has 2 aliphatic heterocycles. The molecule has 0 unspecified atom stereocenters. The molecule has 0 bridgehead atoms. The zero-order valence-corrected chi connectivity index (χ0v) is 12.6. The molecule has 0 saturated carbocycles. The predicted octanol–water partition coefficient (Wildman–Crippen LogP) is 2.94. The van der Waals surface area contributed by atoms with E-state index in [-0.39, 0.29) is 0 Å². The van der Waals surface area contributed by atoms with Crippen LogP contribution in [0, 0.1) is 11.8 Å². The van der Waals surface area contributed by atoms with E-state index < -0.39 is 0 Å². The van der Waals surface area contributed by atoms with Crippen LogP contribution < -0.4 is 5.32 Å². The van der Waals surface area contributed by atoms with Gasteiger partial charge in [0.25, 0.3) is 0 Å². The lowest BCUT2D eigenvalue weighted by Gasteiger charge is -2.33. The van der Waals surface area contributed by atoms with Gasteiger partial charge in [-0.3, -0.25) is 0 Å². The Hall–Kier alpha value is -0.860. The second kappa shape index (κ2) is 7.24. The van der Waals surface area contributed by atoms with Gasteiger partial charge >= 0.3 is 0 Å². The molecule has 2 saturated heterocycles. The molecule has 2 aliphatic rings. The van der Waals surface area contributed by atoms with E-state index in [1.807, 2.05) is 0 Å². The summed E-state index contributed by atoms with van der Waals surface area (Å²) in [5.41, 5.74) is 1.51. The molecule has 2 heterocycles. The standard InChI is InChI=1S/C18H28N2/c1-2-4-16(5-3-1)6-7-17-9-12-20(13-10-17)15-18-8-11-19-14-18/h1-5,17-19H,6-15H2/t18-/m0/s1. The van der Waals surface area contributed by atoms with Gasteiger partial charge in [0, 0.05) is 6.54 Å². The first kappa shape index (κ1) is 14.1. The van der Waals surface area contributed by atoms with Gasteiger partial charge in [-0.1, -0.05) is 30.3 Å². The number of rotatable bonds is 5. The van der Waals surface area contributed by atoms with Crippen molar-refractivity contribution in [3.8, 4) is 0 Å². The Balaban J connectivity index is 1.35. The van der Waals surface area contributed by atoms with E-state index in [0.717, 1.165) is 11.8 Å². The summed E-state index contributed by atoms with van der Waals surface area (Å²) in [7, 11) is 0. The third-order valence-electron chi connectivity index (χ3n) is 5.07. The van der Waals surface area contributed by atoms with Gasteiger partial charge in [0.15, 0.2) is 0 Å². The number of piperidine rings is 1. The summed E-state index contributed by atoms with van der Waals surface area (Å²) in [4.78, 5) is 2.71. The topological polar surface area (TPSA) is 15.3 Å². The largest absolute Gasteiger partial charge is 0.316 e. The molecule has 2 heteroatoms. The molecular weight excluding hydrogens is 244 g/mol. The Bertz CT molecular complexity index is 376. The van der Waals surface area contributed by atoms with Crippen LogP contribution in [0.4, 0.5) is 0 Å². The van der Waals surface area contributed by atoms with Crippen molar-refractivity contribution in [1.29, 1.82) is 0 Å². The van der Waals surface area contributed by atoms with Gasteiger partial charge in [0.05, 0.1) is 0 Å². The van der Waals surface area contributed by atoms with E-state index in [1.165, 1.54) is 70.4 Å². The second-order valence-corrected chi connectivity index (χ2v) is 6.63. The lowest BCUT2D eigenvalue weighted by atomic mass is 9.90. The highest BCUT2D eigenvalue weighted by atomic mass is 15.1. The Morgan fingerprint density at radius 3 is 2.50 bits per heavy atom. The van der Waals surface area contributed by atoms with Crippen LogP contribution in [0.15, 0.2) is 30.3 Å². The van der Waals surface area contributed by atoms with Gasteiger partial charge in [0.1, 0.15) is 0 Å². The van der Waals surface area contributed by atoms with Crippen LogP contribution >= 0.6 is 0 Å². The average Bonchev–Trinajstić information content (AvgIpc) is 3.01. The first-order valence-electron chi connectivity index (χ1n) is 8.37. The van der Waals surface area contributed by atoms with Crippen molar-refractivity contribution in [2.75, 3.05) is 32.7 Å². The summed E-state index contributed by atoms with van der Waals surface area (Å²) in [6, 6.07) is 11.0. The van der Waals surface area contributed by atoms with E-state index in [2.05, 4.69) is 40.5 Å². The van der Waals surface area contributed by atoms with Crippen molar-refractivity contribution in [1.82, 2.24) is 10.2 Å². The zero-order chi connectivity index (χ0) is 13.6. The van der Waals surface area contributed by atoms with Crippen molar-refractivity contribution in [2.45, 2.75) is 32.1 Å². The van der Waals surface area contributed by atoms with Gasteiger partial charge in [-0.05, 0) is 75.7 Å². The number of benzene rings is 1. The lowest BCUT2D eigenvalue weighted by molar-refractivity contribution is 0.160. The van der Waals surface area contributed by atoms with Gasteiger partial charge in [-0.15, -0.1) is 0 Å². The van der Waals surface area contributed by atoms with Crippen molar-refractivity contribution < 1.29 is 0 Å². The third-order valence-corrected chi connectivity index (χ3v) is 5.07. The Kier molecular flexibility index (Phi) is 5.10. The first-order chi connectivity index (χ1) is 9.90. The smallest absolute Gasteiger partial charge is 0.00223 e. The fourth-order valence-electron chi connectivity index (χ4n) is 3.71. The maximum atomic E-state index is 3.48. The highest BCUT2D eigenvalue weighted by Gasteiger charge is 2.23. The van der Waals surface area contributed by atoms with Gasteiger partial charge in [-0.2, -0.15) is 0 Å². The predicted molar refractivity (Wildman–Crippen MR) is 84.9 cm³/mol. The maximum absolute atomic E-state index is 3.48. The highest BCUT2D eigenvalue weighted by molar-refractivity contribution is 5.14. The minimum atomic E-state index is 0.913. The number of nitrogens with one attached hydrogen (secondary N) is 1. The molecule has 2 fully saturated rings. The molecule has 3 rings (SSSR count). The summed E-state index contributed by atoms with van der Waals surface area (Å²) in [6.07, 6.45) is 6.84. The summed E-state index contributed by atoms with van der Waals surface area (Å²) in [5, 5.41) is 3.48. The van der Waals surface area contributed by atoms with Gasteiger partial charge in [-0.25, -0.2) is 0 Å². The zero-order valence-electron chi connectivity index (χ0n) is 12.6. The SMILES string of the molecule is c1ccc(CCC2CCN(C[C@H]3CCNC3)CC2)cc1. The van der Waals surface area contributed by atoms with Crippen molar-refractivity contribution in [2.24, 2.45) is 11.8 Å². The Morgan fingerprint density at radius 2 is 1.80 bits per heavy atom. The molecule has 2 nitrogen and oxygen atoms in total. The van der Waals surface area contributed by atoms with Crippen LogP contribution in [0.1, 0.15) is 31.2 Å². The first-order valence-corrected chi connectivity index (χ1v) is 8.37. The minimum Gasteiger partial charge on any atom is -0.316 e. The molecule has 1 N–H and O–H groups in total. The number of aryl methyl sites for hydroxylation is 1. The van der Waals surface area contributed by atoms with E-state index in [0.29, 0.717) is 0 Å². The van der Waals surface area contributed by atoms with E-state index in [4.69, 9.17) is 0 Å². The van der Waals surface area contributed by atoms with Crippen LogP contribution in [-0.2, 0) is 6.42 Å². The van der Waals surface area contributed by atoms with Crippen molar-refractivity contribution in [3.63, 3.8) is 0 Å². The Labute approximate surface area is 123 Å². The van der Waals surface area contributed by atoms with E-state index in [1.54, 1.807) is 0 Å². The highest BCUT2D eigenvalue weighted by Crippen LogP contribution is 2.23. The van der Waals surface area contributed by atoms with E-state index >= 15 is 0 Å². The number of nitrogens with zero attached hydrogens (tertiary/aromatic N) is 1. The fraction of sp³-hybridized carbons (Fsp3) is 0.667. The normalized spacial score (nSPS) is 25.1. The summed E-state index contributed by atoms with van der Waals surface area (Å²) in [6.45, 7) is 6.47. The quantitative estimate of drug-likeness (QED) is 0.886. The fourth-order valence-corrected chi connectivity index (χ4v) is 3.71. The monoisotopic (exact) mass is 272 g/mol. The molecule has 0 radical (unpaired) electrons. The van der Waals surface area contributed by atoms with Crippen molar-refractivity contribution in [3.05, 3.63) is 35.9 Å². The average molecular weight is 272 g/mol. The van der Waals surface area contributed by atoms with Crippen molar-refractivity contribution >= 4 is 0 Å². The van der Waals surface area contributed by atoms with Gasteiger partial charge < -0.3 is 10.2 Å². The Morgan fingerprint density at radius 1 is 1.00 bits per heavy atom. The molecule has 1 atom stereocenters. The molecule has 0 amide bonds. The minimum absolute atomic E-state index is 0.913. The van der Waals surface area contributed by atoms with Crippen LogP contribution in [-0.4, -0.2) is 37.6 Å². The molecule has 20 heavy (non-hydrogen) atoms. The van der Waals surface area contributed by atoms with Gasteiger partial charge in [0.2, 0.25) is 0 Å². The summed E-state index contributed by atoms with van der Waals surface area (Å²) < 4.78 is 0. The number of hydrogen-bond acceptors (Lipinski definition) is 2. The molecule has 0 aromatic heterocycles. The lowest BCUT2D eigenvalue weighted by Crippen LogP contribution is -2.37. The maximum Gasteiger partial charge on any atom is 0.00223 e. The molecule has 1 aromatic rings. The molecule has 110 valence electrons. The van der Waals surface area contributed by atoms with Crippen LogP contribution in [0.2, 0.25) is 0 Å². The van der Waals surface area contributed by atoms with E-state index in [9.17, 15) is 0 Å². The van der Waals surface area contributed by atoms with Crippen LogP contribution in [0.5, 0.6) is 0 Å². The van der Waals surface area contributed by atoms with Crippen LogP contribution in [0.25, 0.3) is 0 Å². The summed E-state index contributed by atoms with van der Waals surface area (Å²) >= 11 is 0. The third kappa shape index (κ3) is 4.07. The number of hydrogen-bond donors (Lipinski definition) is 1. The second-order valence-electron chi connectivity index (χ2n) is 6.63. The number of likely N-dealkylation sites (tertiary alicyclic amines) is 1. The molecular formula is C18H28N2. The molecule has 0 aliphatic carbocycles.